The summed E-state index contributed by atoms with van der Waals surface area (Å²) in [6.07, 6.45) is -0.930. The quantitative estimate of drug-likeness (QED) is 0.455. The van der Waals surface area contributed by atoms with Crippen molar-refractivity contribution in [3.63, 3.8) is 0 Å². The molecule has 166 valence electrons. The first-order valence-corrected chi connectivity index (χ1v) is 12.5. The van der Waals surface area contributed by atoms with Crippen molar-refractivity contribution in [2.45, 2.75) is 59.4 Å². The molecule has 1 rings (SSSR count). The summed E-state index contributed by atoms with van der Waals surface area (Å²) >= 11 is 0. The molecule has 0 N–H and O–H groups in total. The van der Waals surface area contributed by atoms with E-state index in [9.17, 15) is 28.4 Å². The van der Waals surface area contributed by atoms with E-state index in [1.165, 1.54) is 7.11 Å². The van der Waals surface area contributed by atoms with E-state index in [1.54, 1.807) is 6.92 Å². The van der Waals surface area contributed by atoms with Crippen LogP contribution in [0.1, 0.15) is 41.0 Å². The summed E-state index contributed by atoms with van der Waals surface area (Å²) in [7, 11) is -14.4. The highest BCUT2D eigenvalue weighted by Crippen LogP contribution is 2.62. The monoisotopic (exact) mass is 457 g/mol. The lowest BCUT2D eigenvalue weighted by molar-refractivity contribution is -0.251. The fraction of sp³-hybridized carbons (Fsp3) is 1.00. The average Bonchev–Trinajstić information content (AvgIpc) is 2.95. The van der Waals surface area contributed by atoms with Gasteiger partial charge < -0.3 is 33.2 Å². The van der Waals surface area contributed by atoms with Gasteiger partial charge in [0.05, 0.1) is 18.8 Å². The van der Waals surface area contributed by atoms with Crippen molar-refractivity contribution in [3.05, 3.63) is 0 Å². The summed E-state index contributed by atoms with van der Waals surface area (Å²) in [6.45, 7) is 9.15. The predicted molar refractivity (Wildman–Crippen MR) is 90.4 cm³/mol. The summed E-state index contributed by atoms with van der Waals surface area (Å²) in [5.41, 5.74) is 0. The highest BCUT2D eigenvalue weighted by Gasteiger charge is 2.35. The van der Waals surface area contributed by atoms with Gasteiger partial charge in [0.15, 0.2) is 0 Å². The van der Waals surface area contributed by atoms with Crippen molar-refractivity contribution >= 4 is 23.5 Å². The zero-order valence-electron chi connectivity index (χ0n) is 16.4. The van der Waals surface area contributed by atoms with E-state index in [4.69, 9.17) is 9.47 Å². The Morgan fingerprint density at radius 3 is 1.85 bits per heavy atom. The third kappa shape index (κ3) is 12.5. The number of rotatable bonds is 9. The van der Waals surface area contributed by atoms with Crippen LogP contribution in [0.3, 0.4) is 0 Å². The molecule has 6 atom stereocenters. The number of methoxy groups -OCH3 is 1. The first kappa shape index (κ1) is 29.5. The number of phosphoric acid groups is 3. The highest BCUT2D eigenvalue weighted by atomic mass is 31.3. The van der Waals surface area contributed by atoms with Crippen molar-refractivity contribution in [2.75, 3.05) is 20.8 Å². The number of ether oxygens (including phenoxy) is 2. The fourth-order valence-electron chi connectivity index (χ4n) is 1.80. The fourth-order valence-corrected chi connectivity index (χ4v) is 4.93. The van der Waals surface area contributed by atoms with Crippen LogP contribution in [0.25, 0.3) is 0 Å². The molecule has 0 aromatic carbocycles. The minimum Gasteiger partial charge on any atom is -0.756 e. The summed E-state index contributed by atoms with van der Waals surface area (Å²) in [4.78, 5) is 33.5. The van der Waals surface area contributed by atoms with Gasteiger partial charge >= 0.3 is 0 Å². The van der Waals surface area contributed by atoms with E-state index < -0.39 is 42.3 Å². The van der Waals surface area contributed by atoms with E-state index >= 15 is 0 Å². The number of hydrogen-bond donors (Lipinski definition) is 0. The number of hydrogen-bond acceptors (Lipinski definition) is 12. The van der Waals surface area contributed by atoms with E-state index in [2.05, 4.69) is 17.7 Å². The average molecular weight is 457 g/mol. The second kappa shape index (κ2) is 13.5. The van der Waals surface area contributed by atoms with Crippen LogP contribution in [0.5, 0.6) is 0 Å². The molecule has 15 heteroatoms. The van der Waals surface area contributed by atoms with Gasteiger partial charge in [0.25, 0.3) is 23.5 Å². The Hall–Kier alpha value is 0.330. The lowest BCUT2D eigenvalue weighted by Crippen LogP contribution is -2.29. The van der Waals surface area contributed by atoms with Crippen molar-refractivity contribution in [1.29, 1.82) is 0 Å². The van der Waals surface area contributed by atoms with E-state index in [1.807, 2.05) is 27.7 Å². The van der Waals surface area contributed by atoms with Crippen LogP contribution in [-0.4, -0.2) is 39.1 Å². The molecule has 0 saturated carbocycles. The molecule has 1 heterocycles. The van der Waals surface area contributed by atoms with Crippen molar-refractivity contribution in [2.24, 2.45) is 0 Å². The van der Waals surface area contributed by atoms with E-state index in [-0.39, 0.29) is 6.10 Å². The van der Waals surface area contributed by atoms with Gasteiger partial charge in [0.1, 0.15) is 6.10 Å². The molecular weight excluding hydrogens is 429 g/mol. The molecule has 0 aromatic heterocycles. The Bertz CT molecular complexity index is 542. The summed E-state index contributed by atoms with van der Waals surface area (Å²) < 4.78 is 59.1. The van der Waals surface area contributed by atoms with Crippen LogP contribution in [0.2, 0.25) is 0 Å². The second-order valence-corrected chi connectivity index (χ2v) is 9.09. The molecule has 12 nitrogen and oxygen atoms in total. The Morgan fingerprint density at radius 2 is 1.41 bits per heavy atom. The van der Waals surface area contributed by atoms with Crippen LogP contribution in [-0.2, 0) is 40.8 Å². The zero-order chi connectivity index (χ0) is 21.9. The van der Waals surface area contributed by atoms with Gasteiger partial charge in [-0.05, 0) is 6.92 Å². The van der Waals surface area contributed by atoms with Crippen LogP contribution in [0.15, 0.2) is 0 Å². The van der Waals surface area contributed by atoms with Gasteiger partial charge in [-0.3, -0.25) is 13.7 Å². The maximum Gasteiger partial charge on any atom is 0.280 e. The van der Waals surface area contributed by atoms with E-state index in [0.29, 0.717) is 13.5 Å². The molecule has 27 heavy (non-hydrogen) atoms. The van der Waals surface area contributed by atoms with Gasteiger partial charge in [0.2, 0.25) is 0 Å². The molecule has 0 bridgehead atoms. The largest absolute Gasteiger partial charge is 0.756 e. The second-order valence-electron chi connectivity index (χ2n) is 4.48. The summed E-state index contributed by atoms with van der Waals surface area (Å²) in [6, 6.07) is 0. The molecule has 1 fully saturated rings. The molecular formula is C12H28O12P3-3. The first-order valence-electron chi connectivity index (χ1n) is 8.14. The minimum absolute atomic E-state index is 0.206. The third-order valence-electron chi connectivity index (χ3n) is 2.71. The molecule has 3 unspecified atom stereocenters. The summed E-state index contributed by atoms with van der Waals surface area (Å²) in [5, 5.41) is 0. The van der Waals surface area contributed by atoms with Crippen molar-refractivity contribution in [1.82, 2.24) is 0 Å². The Balaban J connectivity index is 0. The third-order valence-corrected chi connectivity index (χ3v) is 6.82. The maximum absolute atomic E-state index is 11.5. The smallest absolute Gasteiger partial charge is 0.280 e. The molecule has 0 aliphatic carbocycles. The van der Waals surface area contributed by atoms with Gasteiger partial charge in [0, 0.05) is 20.6 Å². The minimum atomic E-state index is -5.77. The van der Waals surface area contributed by atoms with Crippen molar-refractivity contribution < 1.29 is 55.5 Å². The molecule has 1 aliphatic heterocycles. The molecule has 1 aliphatic rings. The van der Waals surface area contributed by atoms with Crippen molar-refractivity contribution in [3.8, 4) is 0 Å². The van der Waals surface area contributed by atoms with Crippen LogP contribution < -0.4 is 14.7 Å². The van der Waals surface area contributed by atoms with Crippen LogP contribution in [0.4, 0.5) is 0 Å². The standard InChI is InChI=1S/C8H19O12P3.2C2H6/c1-6-4-7(15-2)8(18-6)5-17-22(11,12)20-23(13,14)19-21(9,10)16-3;2*1-2/h6-8H,4-5H2,1-3H3,(H,9,10)(H,11,12)(H,13,14);2*1-2H3/p-3/t6-,7+,8+;;/m0../s1. The van der Waals surface area contributed by atoms with Gasteiger partial charge in [-0.2, -0.15) is 0 Å². The van der Waals surface area contributed by atoms with Gasteiger partial charge in [-0.1, -0.05) is 27.7 Å². The number of phosphoric ester groups is 2. The highest BCUT2D eigenvalue weighted by molar-refractivity contribution is 7.65. The molecule has 0 aromatic rings. The maximum atomic E-state index is 11.5. The Morgan fingerprint density at radius 1 is 0.926 bits per heavy atom. The molecule has 0 amide bonds. The Kier molecular flexibility index (Phi) is 14.8. The first-order chi connectivity index (χ1) is 12.4. The SMILES string of the molecule is CC.CC.CO[C@@H]1C[C@H](C)O[C@@H]1COP(=O)([O-])OP(=O)([O-])OP(=O)([O-])OC. The molecule has 0 radical (unpaired) electrons. The predicted octanol–water partition coefficient (Wildman–Crippen LogP) is 1.33. The van der Waals surface area contributed by atoms with Crippen LogP contribution >= 0.6 is 23.5 Å². The normalized spacial score (nSPS) is 28.4. The molecule has 0 spiro atoms. The lowest BCUT2D eigenvalue weighted by atomic mass is 10.1. The topological polar surface area (TPSA) is 176 Å². The van der Waals surface area contributed by atoms with E-state index in [0.717, 1.165) is 0 Å². The van der Waals surface area contributed by atoms with Gasteiger partial charge in [-0.25, -0.2) is 8.62 Å². The summed E-state index contributed by atoms with van der Waals surface area (Å²) in [5.74, 6) is 0. The van der Waals surface area contributed by atoms with Crippen LogP contribution in [0, 0.1) is 0 Å². The molecule has 1 saturated heterocycles. The zero-order valence-corrected chi connectivity index (χ0v) is 19.1. The van der Waals surface area contributed by atoms with Gasteiger partial charge in [-0.15, -0.1) is 0 Å². The lowest BCUT2D eigenvalue weighted by Gasteiger charge is -2.34. The Labute approximate surface area is 159 Å².